The zero-order chi connectivity index (χ0) is 14.4. The number of carbonyl (C=O) groups excluding carboxylic acids is 1. The van der Waals surface area contributed by atoms with Crippen LogP contribution < -0.4 is 5.73 Å². The molecule has 0 aliphatic carbocycles. The Balaban J connectivity index is 2.44. The predicted octanol–water partition coefficient (Wildman–Crippen LogP) is 0.572. The molecule has 0 radical (unpaired) electrons. The molecule has 1 fully saturated rings. The van der Waals surface area contributed by atoms with Crippen molar-refractivity contribution in [1.29, 1.82) is 0 Å². The monoisotopic (exact) mass is 303 g/mol. The first kappa shape index (κ1) is 14.3. The first-order chi connectivity index (χ1) is 8.67. The van der Waals surface area contributed by atoms with Gasteiger partial charge in [-0.05, 0) is 19.9 Å². The van der Waals surface area contributed by atoms with Gasteiger partial charge in [-0.1, -0.05) is 0 Å². The molecule has 106 valence electrons. The van der Waals surface area contributed by atoms with Crippen molar-refractivity contribution in [3.05, 3.63) is 11.4 Å². The first-order valence-corrected chi connectivity index (χ1v) is 8.12. The Morgan fingerprint density at radius 3 is 2.53 bits per heavy atom. The highest BCUT2D eigenvalue weighted by molar-refractivity contribution is 7.91. The Morgan fingerprint density at radius 2 is 2.00 bits per heavy atom. The summed E-state index contributed by atoms with van der Waals surface area (Å²) in [5, 5.41) is 1.58. The maximum absolute atomic E-state index is 12.6. The van der Waals surface area contributed by atoms with Crippen LogP contribution in [0.2, 0.25) is 0 Å². The molecule has 19 heavy (non-hydrogen) atoms. The standard InChI is InChI=1S/C11H17N3O3S2/c1-11(2)10(15)13(3)4-5-14(11)19(16,17)9-6-8(12)7-18-9/h6-7H,4-5,12H2,1-3H3. The topological polar surface area (TPSA) is 83.7 Å². The fourth-order valence-corrected chi connectivity index (χ4v) is 5.12. The smallest absolute Gasteiger partial charge is 0.253 e. The quantitative estimate of drug-likeness (QED) is 0.866. The summed E-state index contributed by atoms with van der Waals surface area (Å²) in [5.41, 5.74) is 4.91. The molecule has 0 saturated carbocycles. The van der Waals surface area contributed by atoms with Gasteiger partial charge in [0.25, 0.3) is 10.0 Å². The zero-order valence-electron chi connectivity index (χ0n) is 11.1. The lowest BCUT2D eigenvalue weighted by molar-refractivity contribution is -0.142. The van der Waals surface area contributed by atoms with Crippen LogP contribution in [0.15, 0.2) is 15.7 Å². The van der Waals surface area contributed by atoms with Crippen LogP contribution >= 0.6 is 11.3 Å². The van der Waals surface area contributed by atoms with Crippen LogP contribution in [0, 0.1) is 0 Å². The summed E-state index contributed by atoms with van der Waals surface area (Å²) in [7, 11) is -2.00. The number of carbonyl (C=O) groups is 1. The van der Waals surface area contributed by atoms with Gasteiger partial charge in [0.15, 0.2) is 0 Å². The highest BCUT2D eigenvalue weighted by atomic mass is 32.2. The summed E-state index contributed by atoms with van der Waals surface area (Å²) in [4.78, 5) is 13.7. The lowest BCUT2D eigenvalue weighted by Crippen LogP contribution is -2.63. The minimum Gasteiger partial charge on any atom is -0.398 e. The molecule has 2 rings (SSSR count). The zero-order valence-corrected chi connectivity index (χ0v) is 12.7. The van der Waals surface area contributed by atoms with E-state index >= 15 is 0 Å². The van der Waals surface area contributed by atoms with Crippen molar-refractivity contribution in [2.45, 2.75) is 23.6 Å². The second-order valence-corrected chi connectivity index (χ2v) is 8.06. The number of amides is 1. The van der Waals surface area contributed by atoms with Crippen LogP contribution in [0.25, 0.3) is 0 Å². The Kier molecular flexibility index (Phi) is 3.36. The van der Waals surface area contributed by atoms with E-state index in [4.69, 9.17) is 5.73 Å². The largest absolute Gasteiger partial charge is 0.398 e. The SMILES string of the molecule is CN1CCN(S(=O)(=O)c2cc(N)cs2)C(C)(C)C1=O. The second kappa shape index (κ2) is 4.46. The molecule has 0 bridgehead atoms. The van der Waals surface area contributed by atoms with Gasteiger partial charge in [0.1, 0.15) is 9.75 Å². The van der Waals surface area contributed by atoms with Crippen molar-refractivity contribution in [2.75, 3.05) is 25.9 Å². The number of nitrogens with zero attached hydrogens (tertiary/aromatic N) is 2. The normalized spacial score (nSPS) is 20.8. The lowest BCUT2D eigenvalue weighted by atomic mass is 10.0. The first-order valence-electron chi connectivity index (χ1n) is 5.80. The molecule has 1 aromatic rings. The summed E-state index contributed by atoms with van der Waals surface area (Å²) in [6.07, 6.45) is 0. The van der Waals surface area contributed by atoms with E-state index in [-0.39, 0.29) is 16.7 Å². The van der Waals surface area contributed by atoms with Crippen LogP contribution in [0.5, 0.6) is 0 Å². The highest BCUT2D eigenvalue weighted by Crippen LogP contribution is 2.32. The number of piperazine rings is 1. The fraction of sp³-hybridized carbons (Fsp3) is 0.545. The fourth-order valence-electron chi connectivity index (χ4n) is 2.19. The van der Waals surface area contributed by atoms with Crippen molar-refractivity contribution in [3.63, 3.8) is 0 Å². The van der Waals surface area contributed by atoms with E-state index in [1.165, 1.54) is 10.4 Å². The Hall–Kier alpha value is -1.12. The van der Waals surface area contributed by atoms with E-state index < -0.39 is 15.6 Å². The van der Waals surface area contributed by atoms with Crippen molar-refractivity contribution in [3.8, 4) is 0 Å². The van der Waals surface area contributed by atoms with Crippen LogP contribution in [0.3, 0.4) is 0 Å². The average molecular weight is 303 g/mol. The third-order valence-corrected chi connectivity index (χ3v) is 6.78. The van der Waals surface area contributed by atoms with Crippen LogP contribution in [-0.4, -0.2) is 49.2 Å². The van der Waals surface area contributed by atoms with Gasteiger partial charge in [-0.15, -0.1) is 11.3 Å². The molecule has 2 N–H and O–H groups in total. The van der Waals surface area contributed by atoms with Gasteiger partial charge in [0, 0.05) is 31.2 Å². The number of rotatable bonds is 2. The van der Waals surface area contributed by atoms with Gasteiger partial charge >= 0.3 is 0 Å². The van der Waals surface area contributed by atoms with Gasteiger partial charge in [0.2, 0.25) is 5.91 Å². The maximum atomic E-state index is 12.6. The molecule has 2 heterocycles. The van der Waals surface area contributed by atoms with Gasteiger partial charge < -0.3 is 10.6 Å². The molecule has 0 aromatic carbocycles. The molecule has 1 aliphatic rings. The number of nitrogen functional groups attached to an aromatic ring is 1. The van der Waals surface area contributed by atoms with Crippen molar-refractivity contribution in [1.82, 2.24) is 9.21 Å². The number of thiophene rings is 1. The van der Waals surface area contributed by atoms with Gasteiger partial charge in [0.05, 0.1) is 0 Å². The number of sulfonamides is 1. The summed E-state index contributed by atoms with van der Waals surface area (Å²) in [6, 6.07) is 1.43. The highest BCUT2D eigenvalue weighted by Gasteiger charge is 2.47. The van der Waals surface area contributed by atoms with E-state index in [0.29, 0.717) is 12.2 Å². The third-order valence-electron chi connectivity index (χ3n) is 3.27. The lowest BCUT2D eigenvalue weighted by Gasteiger charge is -2.43. The Morgan fingerprint density at radius 1 is 1.37 bits per heavy atom. The Bertz CT molecular complexity index is 606. The molecule has 6 nitrogen and oxygen atoms in total. The Labute approximate surface area is 116 Å². The number of likely N-dealkylation sites (N-methyl/N-ethyl adjacent to an activating group) is 1. The number of hydrogen-bond donors (Lipinski definition) is 1. The third kappa shape index (κ3) is 2.24. The van der Waals surface area contributed by atoms with Crippen LogP contribution in [0.4, 0.5) is 5.69 Å². The van der Waals surface area contributed by atoms with Gasteiger partial charge in [-0.2, -0.15) is 4.31 Å². The molecule has 0 unspecified atom stereocenters. The minimum atomic E-state index is -3.68. The summed E-state index contributed by atoms with van der Waals surface area (Å²) >= 11 is 1.07. The number of anilines is 1. The summed E-state index contributed by atoms with van der Waals surface area (Å²) < 4.78 is 26.6. The molecule has 8 heteroatoms. The molecular formula is C11H17N3O3S2. The minimum absolute atomic E-state index is 0.176. The summed E-state index contributed by atoms with van der Waals surface area (Å²) in [5.74, 6) is -0.202. The van der Waals surface area contributed by atoms with E-state index in [2.05, 4.69) is 0 Å². The van der Waals surface area contributed by atoms with E-state index in [1.807, 2.05) is 0 Å². The van der Waals surface area contributed by atoms with E-state index in [9.17, 15) is 13.2 Å². The average Bonchev–Trinajstić information content (AvgIpc) is 2.73. The summed E-state index contributed by atoms with van der Waals surface area (Å²) in [6.45, 7) is 3.93. The molecule has 1 saturated heterocycles. The molecule has 0 spiro atoms. The number of hydrogen-bond acceptors (Lipinski definition) is 5. The van der Waals surface area contributed by atoms with Gasteiger partial charge in [-0.25, -0.2) is 8.42 Å². The van der Waals surface area contributed by atoms with Gasteiger partial charge in [-0.3, -0.25) is 4.79 Å². The van der Waals surface area contributed by atoms with Crippen molar-refractivity contribution in [2.24, 2.45) is 0 Å². The molecular weight excluding hydrogens is 286 g/mol. The molecule has 1 aliphatic heterocycles. The van der Waals surface area contributed by atoms with Crippen molar-refractivity contribution < 1.29 is 13.2 Å². The van der Waals surface area contributed by atoms with Crippen LogP contribution in [0.1, 0.15) is 13.8 Å². The maximum Gasteiger partial charge on any atom is 0.253 e. The molecule has 0 atom stereocenters. The number of nitrogens with two attached hydrogens (primary N) is 1. The van der Waals surface area contributed by atoms with Crippen LogP contribution in [-0.2, 0) is 14.8 Å². The van der Waals surface area contributed by atoms with Crippen molar-refractivity contribution >= 4 is 33.0 Å². The molecule has 1 aromatic heterocycles. The van der Waals surface area contributed by atoms with E-state index in [1.54, 1.807) is 31.2 Å². The predicted molar refractivity (Wildman–Crippen MR) is 74.3 cm³/mol. The molecule has 1 amide bonds. The second-order valence-electron chi connectivity index (χ2n) is 5.06. The van der Waals surface area contributed by atoms with E-state index in [0.717, 1.165) is 11.3 Å².